The Hall–Kier alpha value is -1.04. The second-order valence-corrected chi connectivity index (χ2v) is 4.76. The highest BCUT2D eigenvalue weighted by molar-refractivity contribution is 5.01. The minimum Gasteiger partial charge on any atom is -0.334 e. The summed E-state index contributed by atoms with van der Waals surface area (Å²) >= 11 is 0. The van der Waals surface area contributed by atoms with Crippen molar-refractivity contribution in [2.24, 2.45) is 5.92 Å². The molecule has 1 saturated heterocycles. The van der Waals surface area contributed by atoms with Crippen molar-refractivity contribution < 1.29 is 13.2 Å². The highest BCUT2D eigenvalue weighted by Gasteiger charge is 2.42. The highest BCUT2D eigenvalue weighted by atomic mass is 19.4. The Kier molecular flexibility index (Phi) is 3.94. The molecule has 1 aliphatic heterocycles. The SMILES string of the molecule is CCCn1ccnc1C1CCC(C(F)(F)F)CN1. The summed E-state index contributed by atoms with van der Waals surface area (Å²) in [6.45, 7) is 2.92. The molecular weight excluding hydrogens is 243 g/mol. The van der Waals surface area contributed by atoms with Gasteiger partial charge in [-0.05, 0) is 19.3 Å². The van der Waals surface area contributed by atoms with Gasteiger partial charge in [-0.2, -0.15) is 13.2 Å². The van der Waals surface area contributed by atoms with Gasteiger partial charge in [-0.25, -0.2) is 4.98 Å². The van der Waals surface area contributed by atoms with E-state index in [1.165, 1.54) is 0 Å². The van der Waals surface area contributed by atoms with Crippen LogP contribution in [0.2, 0.25) is 0 Å². The van der Waals surface area contributed by atoms with Gasteiger partial charge in [-0.3, -0.25) is 0 Å². The number of alkyl halides is 3. The van der Waals surface area contributed by atoms with Gasteiger partial charge in [-0.1, -0.05) is 6.92 Å². The second-order valence-electron chi connectivity index (χ2n) is 4.76. The van der Waals surface area contributed by atoms with E-state index in [0.29, 0.717) is 6.42 Å². The maximum absolute atomic E-state index is 12.6. The Bertz CT molecular complexity index is 378. The van der Waals surface area contributed by atoms with E-state index in [1.807, 2.05) is 10.8 Å². The lowest BCUT2D eigenvalue weighted by Gasteiger charge is -2.31. The number of aromatic nitrogens is 2. The van der Waals surface area contributed by atoms with Gasteiger partial charge in [0.2, 0.25) is 0 Å². The molecule has 2 heterocycles. The predicted molar refractivity (Wildman–Crippen MR) is 62.0 cm³/mol. The highest BCUT2D eigenvalue weighted by Crippen LogP contribution is 2.35. The van der Waals surface area contributed by atoms with E-state index < -0.39 is 12.1 Å². The molecule has 2 unspecified atom stereocenters. The van der Waals surface area contributed by atoms with Crippen molar-refractivity contribution in [2.75, 3.05) is 6.54 Å². The first-order valence-electron chi connectivity index (χ1n) is 6.33. The molecular formula is C12H18F3N3. The molecule has 6 heteroatoms. The number of hydrogen-bond acceptors (Lipinski definition) is 2. The molecule has 1 aliphatic rings. The zero-order chi connectivity index (χ0) is 13.2. The standard InChI is InChI=1S/C12H18F3N3/c1-2-6-18-7-5-16-11(18)10-4-3-9(8-17-10)12(13,14)15/h5,7,9-10,17H,2-4,6,8H2,1H3. The molecule has 102 valence electrons. The molecule has 18 heavy (non-hydrogen) atoms. The maximum atomic E-state index is 12.6. The molecule has 1 N–H and O–H groups in total. The van der Waals surface area contributed by atoms with Crippen molar-refractivity contribution in [1.82, 2.24) is 14.9 Å². The third-order valence-electron chi connectivity index (χ3n) is 3.40. The molecule has 0 saturated carbocycles. The summed E-state index contributed by atoms with van der Waals surface area (Å²) in [4.78, 5) is 4.26. The van der Waals surface area contributed by atoms with Gasteiger partial charge in [0.1, 0.15) is 5.82 Å². The van der Waals surface area contributed by atoms with Crippen molar-refractivity contribution in [3.8, 4) is 0 Å². The van der Waals surface area contributed by atoms with Crippen LogP contribution in [0.15, 0.2) is 12.4 Å². The van der Waals surface area contributed by atoms with Crippen molar-refractivity contribution >= 4 is 0 Å². The third-order valence-corrected chi connectivity index (χ3v) is 3.40. The summed E-state index contributed by atoms with van der Waals surface area (Å²) < 4.78 is 39.7. The maximum Gasteiger partial charge on any atom is 0.393 e. The number of aryl methyl sites for hydroxylation is 1. The van der Waals surface area contributed by atoms with Crippen molar-refractivity contribution in [2.45, 2.75) is 44.9 Å². The Labute approximate surface area is 104 Å². The molecule has 1 fully saturated rings. The van der Waals surface area contributed by atoms with E-state index in [9.17, 15) is 13.2 Å². The number of rotatable bonds is 3. The molecule has 0 aliphatic carbocycles. The molecule has 0 spiro atoms. The minimum absolute atomic E-state index is 0.00679. The van der Waals surface area contributed by atoms with Crippen LogP contribution in [0.1, 0.15) is 38.1 Å². The monoisotopic (exact) mass is 261 g/mol. The van der Waals surface area contributed by atoms with E-state index in [2.05, 4.69) is 17.2 Å². The first kappa shape index (κ1) is 13.4. The summed E-state index contributed by atoms with van der Waals surface area (Å²) in [6, 6.07) is -0.0508. The number of nitrogens with one attached hydrogen (secondary N) is 1. The van der Waals surface area contributed by atoms with E-state index in [1.54, 1.807) is 6.20 Å². The summed E-state index contributed by atoms with van der Waals surface area (Å²) in [6.07, 6.45) is 1.17. The number of halogens is 3. The molecule has 2 atom stereocenters. The normalized spacial score (nSPS) is 25.3. The van der Waals surface area contributed by atoms with E-state index in [-0.39, 0.29) is 19.0 Å². The first-order valence-corrected chi connectivity index (χ1v) is 6.33. The fourth-order valence-corrected chi connectivity index (χ4v) is 2.42. The van der Waals surface area contributed by atoms with Gasteiger partial charge in [0.25, 0.3) is 0 Å². The van der Waals surface area contributed by atoms with Gasteiger partial charge in [-0.15, -0.1) is 0 Å². The summed E-state index contributed by atoms with van der Waals surface area (Å²) in [5.41, 5.74) is 0. The quantitative estimate of drug-likeness (QED) is 0.906. The van der Waals surface area contributed by atoms with Gasteiger partial charge in [0.15, 0.2) is 0 Å². The predicted octanol–water partition coefficient (Wildman–Crippen LogP) is 2.90. The zero-order valence-electron chi connectivity index (χ0n) is 10.4. The topological polar surface area (TPSA) is 29.9 Å². The van der Waals surface area contributed by atoms with Crippen molar-refractivity contribution in [3.05, 3.63) is 18.2 Å². The van der Waals surface area contributed by atoms with Crippen LogP contribution in [0, 0.1) is 5.92 Å². The van der Waals surface area contributed by atoms with Crippen LogP contribution in [-0.2, 0) is 6.54 Å². The zero-order valence-corrected chi connectivity index (χ0v) is 10.4. The molecule has 0 amide bonds. The number of hydrogen-bond donors (Lipinski definition) is 1. The summed E-state index contributed by atoms with van der Waals surface area (Å²) in [5.74, 6) is -0.360. The summed E-state index contributed by atoms with van der Waals surface area (Å²) in [5, 5.41) is 2.97. The average Bonchev–Trinajstić information content (AvgIpc) is 2.77. The fraction of sp³-hybridized carbons (Fsp3) is 0.750. The lowest BCUT2D eigenvalue weighted by Crippen LogP contribution is -2.41. The lowest BCUT2D eigenvalue weighted by molar-refractivity contribution is -0.179. The Balaban J connectivity index is 1.99. The molecule has 1 aromatic heterocycles. The van der Waals surface area contributed by atoms with Gasteiger partial charge in [0.05, 0.1) is 12.0 Å². The molecule has 3 nitrogen and oxygen atoms in total. The first-order chi connectivity index (χ1) is 8.52. The molecule has 1 aromatic rings. The average molecular weight is 261 g/mol. The number of nitrogens with zero attached hydrogens (tertiary/aromatic N) is 2. The van der Waals surface area contributed by atoms with Gasteiger partial charge in [0, 0.05) is 25.5 Å². The van der Waals surface area contributed by atoms with Crippen molar-refractivity contribution in [1.29, 1.82) is 0 Å². The lowest BCUT2D eigenvalue weighted by atomic mass is 9.94. The largest absolute Gasteiger partial charge is 0.393 e. The molecule has 0 bridgehead atoms. The van der Waals surface area contributed by atoms with Crippen LogP contribution in [0.4, 0.5) is 13.2 Å². The Morgan fingerprint density at radius 3 is 2.78 bits per heavy atom. The summed E-state index contributed by atoms with van der Waals surface area (Å²) in [7, 11) is 0. The fourth-order valence-electron chi connectivity index (χ4n) is 2.42. The molecule has 2 rings (SSSR count). The van der Waals surface area contributed by atoms with E-state index >= 15 is 0 Å². The van der Waals surface area contributed by atoms with Crippen molar-refractivity contribution in [3.63, 3.8) is 0 Å². The van der Waals surface area contributed by atoms with Crippen LogP contribution in [-0.4, -0.2) is 22.3 Å². The third kappa shape index (κ3) is 2.85. The van der Waals surface area contributed by atoms with Gasteiger partial charge < -0.3 is 9.88 Å². The molecule has 0 radical (unpaired) electrons. The van der Waals surface area contributed by atoms with Crippen LogP contribution in [0.25, 0.3) is 0 Å². The number of imidazole rings is 1. The molecule has 0 aromatic carbocycles. The Morgan fingerprint density at radius 1 is 1.44 bits per heavy atom. The second kappa shape index (κ2) is 5.30. The van der Waals surface area contributed by atoms with Crippen LogP contribution < -0.4 is 5.32 Å². The van der Waals surface area contributed by atoms with Gasteiger partial charge >= 0.3 is 6.18 Å². The van der Waals surface area contributed by atoms with Crippen LogP contribution >= 0.6 is 0 Å². The van der Waals surface area contributed by atoms with E-state index in [4.69, 9.17) is 0 Å². The van der Waals surface area contributed by atoms with Crippen LogP contribution in [0.5, 0.6) is 0 Å². The number of piperidine rings is 1. The minimum atomic E-state index is -4.09. The van der Waals surface area contributed by atoms with Crippen LogP contribution in [0.3, 0.4) is 0 Å². The Morgan fingerprint density at radius 2 is 2.22 bits per heavy atom. The smallest absolute Gasteiger partial charge is 0.334 e. The van der Waals surface area contributed by atoms with E-state index in [0.717, 1.165) is 18.8 Å².